The van der Waals surface area contributed by atoms with E-state index in [4.69, 9.17) is 22.1 Å². The molecule has 0 heterocycles. The molecule has 3 nitrogen and oxygen atoms in total. The highest BCUT2D eigenvalue weighted by Crippen LogP contribution is 2.12. The van der Waals surface area contributed by atoms with Crippen molar-refractivity contribution in [1.29, 1.82) is 0 Å². The molecule has 0 bridgehead atoms. The summed E-state index contributed by atoms with van der Waals surface area (Å²) in [6.45, 7) is 2.89. The van der Waals surface area contributed by atoms with Crippen molar-refractivity contribution in [3.05, 3.63) is 34.9 Å². The van der Waals surface area contributed by atoms with Gasteiger partial charge in [-0.25, -0.2) is 0 Å². The number of nitrogens with two attached hydrogens (primary N) is 1. The first-order valence-corrected chi connectivity index (χ1v) is 6.09. The molecule has 0 amide bonds. The molecule has 0 aromatic heterocycles. The van der Waals surface area contributed by atoms with Crippen LogP contribution in [0, 0.1) is 5.92 Å². The number of rotatable bonds is 6. The van der Waals surface area contributed by atoms with Crippen LogP contribution < -0.4 is 5.73 Å². The fourth-order valence-corrected chi connectivity index (χ4v) is 1.56. The first-order chi connectivity index (χ1) is 8.11. The van der Waals surface area contributed by atoms with Crippen molar-refractivity contribution in [3.8, 4) is 0 Å². The van der Waals surface area contributed by atoms with Gasteiger partial charge in [0.15, 0.2) is 0 Å². The van der Waals surface area contributed by atoms with E-state index in [1.165, 1.54) is 0 Å². The zero-order valence-corrected chi connectivity index (χ0v) is 10.7. The number of carbonyl (C=O) groups excluding carboxylic acids is 1. The highest BCUT2D eigenvalue weighted by molar-refractivity contribution is 6.30. The van der Waals surface area contributed by atoms with Gasteiger partial charge in [0.2, 0.25) is 0 Å². The molecule has 0 saturated heterocycles. The van der Waals surface area contributed by atoms with Gasteiger partial charge in [0, 0.05) is 11.4 Å². The van der Waals surface area contributed by atoms with Crippen LogP contribution in [-0.4, -0.2) is 12.5 Å². The number of ether oxygens (including phenoxy) is 1. The molecule has 0 aliphatic heterocycles. The molecule has 0 saturated carbocycles. The average molecular weight is 256 g/mol. The molecule has 1 unspecified atom stereocenters. The Kier molecular flexibility index (Phi) is 6.01. The Morgan fingerprint density at radius 2 is 2.29 bits per heavy atom. The summed E-state index contributed by atoms with van der Waals surface area (Å²) in [4.78, 5) is 11.4. The van der Waals surface area contributed by atoms with Crippen molar-refractivity contribution >= 4 is 17.6 Å². The largest absolute Gasteiger partial charge is 0.461 e. The molecular formula is C13H18ClNO2. The summed E-state index contributed by atoms with van der Waals surface area (Å²) in [5.74, 6) is 0.166. The lowest BCUT2D eigenvalue weighted by molar-refractivity contribution is -0.145. The Morgan fingerprint density at radius 1 is 1.53 bits per heavy atom. The quantitative estimate of drug-likeness (QED) is 0.796. The second-order valence-corrected chi connectivity index (χ2v) is 4.61. The maximum absolute atomic E-state index is 11.4. The van der Waals surface area contributed by atoms with E-state index in [0.717, 1.165) is 12.0 Å². The van der Waals surface area contributed by atoms with Gasteiger partial charge < -0.3 is 10.5 Å². The summed E-state index contributed by atoms with van der Waals surface area (Å²) >= 11 is 5.83. The summed E-state index contributed by atoms with van der Waals surface area (Å²) in [5.41, 5.74) is 6.37. The van der Waals surface area contributed by atoms with Crippen molar-refractivity contribution in [2.45, 2.75) is 26.4 Å². The molecule has 2 N–H and O–H groups in total. The van der Waals surface area contributed by atoms with Crippen LogP contribution >= 0.6 is 11.6 Å². The normalized spacial score (nSPS) is 12.2. The van der Waals surface area contributed by atoms with Gasteiger partial charge in [0.05, 0.1) is 0 Å². The highest BCUT2D eigenvalue weighted by atomic mass is 35.5. The fraction of sp³-hybridized carbons (Fsp3) is 0.462. The van der Waals surface area contributed by atoms with Gasteiger partial charge in [-0.1, -0.05) is 30.7 Å². The van der Waals surface area contributed by atoms with E-state index in [1.54, 1.807) is 12.1 Å². The summed E-state index contributed by atoms with van der Waals surface area (Å²) in [5, 5.41) is 0.648. The van der Waals surface area contributed by atoms with E-state index in [1.807, 2.05) is 19.1 Å². The lowest BCUT2D eigenvalue weighted by Crippen LogP contribution is -2.13. The van der Waals surface area contributed by atoms with E-state index < -0.39 is 0 Å². The number of esters is 1. The molecule has 94 valence electrons. The van der Waals surface area contributed by atoms with Gasteiger partial charge >= 0.3 is 5.97 Å². The molecule has 0 aliphatic carbocycles. The molecule has 4 heteroatoms. The summed E-state index contributed by atoms with van der Waals surface area (Å²) in [7, 11) is 0. The first kappa shape index (κ1) is 14.0. The van der Waals surface area contributed by atoms with Gasteiger partial charge in [-0.15, -0.1) is 0 Å². The van der Waals surface area contributed by atoms with Crippen molar-refractivity contribution in [3.63, 3.8) is 0 Å². The lowest BCUT2D eigenvalue weighted by atomic mass is 10.1. The molecular weight excluding hydrogens is 238 g/mol. The molecule has 1 aromatic rings. The monoisotopic (exact) mass is 255 g/mol. The van der Waals surface area contributed by atoms with Gasteiger partial charge in [0.25, 0.3) is 0 Å². The van der Waals surface area contributed by atoms with Crippen LogP contribution in [0.15, 0.2) is 24.3 Å². The van der Waals surface area contributed by atoms with Crippen LogP contribution in [-0.2, 0) is 16.1 Å². The van der Waals surface area contributed by atoms with Crippen LogP contribution in [0.1, 0.15) is 25.3 Å². The third kappa shape index (κ3) is 5.71. The van der Waals surface area contributed by atoms with E-state index in [9.17, 15) is 4.79 Å². The maximum Gasteiger partial charge on any atom is 0.306 e. The van der Waals surface area contributed by atoms with Gasteiger partial charge in [-0.2, -0.15) is 0 Å². The summed E-state index contributed by atoms with van der Waals surface area (Å²) in [6.07, 6.45) is 1.18. The second-order valence-electron chi connectivity index (χ2n) is 4.17. The number of hydrogen-bond acceptors (Lipinski definition) is 3. The van der Waals surface area contributed by atoms with Crippen LogP contribution in [0.4, 0.5) is 0 Å². The van der Waals surface area contributed by atoms with Crippen LogP contribution in [0.25, 0.3) is 0 Å². The van der Waals surface area contributed by atoms with Crippen molar-refractivity contribution in [2.75, 3.05) is 6.54 Å². The van der Waals surface area contributed by atoms with Crippen LogP contribution in [0.2, 0.25) is 5.02 Å². The Labute approximate surface area is 107 Å². The lowest BCUT2D eigenvalue weighted by Gasteiger charge is -2.08. The Morgan fingerprint density at radius 3 is 2.94 bits per heavy atom. The standard InChI is InChI=1S/C13H18ClNO2/c1-10(8-15)5-6-13(16)17-9-11-3-2-4-12(14)7-11/h2-4,7,10H,5-6,8-9,15H2,1H3. The molecule has 1 rings (SSSR count). The van der Waals surface area contributed by atoms with Gasteiger partial charge in [0.1, 0.15) is 6.61 Å². The topological polar surface area (TPSA) is 52.3 Å². The highest BCUT2D eigenvalue weighted by Gasteiger charge is 2.06. The predicted molar refractivity (Wildman–Crippen MR) is 68.7 cm³/mol. The third-order valence-corrected chi connectivity index (χ3v) is 2.77. The fourth-order valence-electron chi connectivity index (χ4n) is 1.34. The molecule has 0 spiro atoms. The summed E-state index contributed by atoms with van der Waals surface area (Å²) in [6, 6.07) is 7.29. The van der Waals surface area contributed by atoms with E-state index in [0.29, 0.717) is 23.9 Å². The average Bonchev–Trinajstić information content (AvgIpc) is 2.33. The smallest absolute Gasteiger partial charge is 0.306 e. The number of halogens is 1. The van der Waals surface area contributed by atoms with Crippen LogP contribution in [0.5, 0.6) is 0 Å². The third-order valence-electron chi connectivity index (χ3n) is 2.53. The van der Waals surface area contributed by atoms with Crippen molar-refractivity contribution in [1.82, 2.24) is 0 Å². The Balaban J connectivity index is 2.28. The molecule has 0 aliphatic rings. The molecule has 0 radical (unpaired) electrons. The maximum atomic E-state index is 11.4. The molecule has 1 aromatic carbocycles. The van der Waals surface area contributed by atoms with Gasteiger partial charge in [-0.05, 0) is 36.6 Å². The zero-order valence-electron chi connectivity index (χ0n) is 9.99. The number of carbonyl (C=O) groups is 1. The summed E-state index contributed by atoms with van der Waals surface area (Å²) < 4.78 is 5.14. The number of benzene rings is 1. The SMILES string of the molecule is CC(CN)CCC(=O)OCc1cccc(Cl)c1. The van der Waals surface area contributed by atoms with Gasteiger partial charge in [-0.3, -0.25) is 4.79 Å². The predicted octanol–water partition coefficient (Wildman–Crippen LogP) is 2.76. The minimum Gasteiger partial charge on any atom is -0.461 e. The molecule has 17 heavy (non-hydrogen) atoms. The van der Waals surface area contributed by atoms with E-state index in [-0.39, 0.29) is 12.6 Å². The first-order valence-electron chi connectivity index (χ1n) is 5.72. The molecule has 0 fully saturated rings. The van der Waals surface area contributed by atoms with Crippen LogP contribution in [0.3, 0.4) is 0 Å². The van der Waals surface area contributed by atoms with E-state index >= 15 is 0 Å². The Hall–Kier alpha value is -1.06. The van der Waals surface area contributed by atoms with Crippen molar-refractivity contribution < 1.29 is 9.53 Å². The zero-order chi connectivity index (χ0) is 12.7. The molecule has 1 atom stereocenters. The minimum atomic E-state index is -0.190. The minimum absolute atomic E-state index is 0.190. The van der Waals surface area contributed by atoms with Crippen molar-refractivity contribution in [2.24, 2.45) is 11.7 Å². The van der Waals surface area contributed by atoms with E-state index in [2.05, 4.69) is 0 Å². The Bertz CT molecular complexity index is 368. The number of hydrogen-bond donors (Lipinski definition) is 1. The second kappa shape index (κ2) is 7.30.